The Morgan fingerprint density at radius 3 is 2.28 bits per heavy atom. The minimum absolute atomic E-state index is 0.139. The van der Waals surface area contributed by atoms with Crippen LogP contribution in [0, 0.1) is 0 Å². The number of rotatable bonds is 5. The Kier molecular flexibility index (Phi) is 5.31. The van der Waals surface area contributed by atoms with Crippen LogP contribution < -0.4 is 5.32 Å². The summed E-state index contributed by atoms with van der Waals surface area (Å²) < 4.78 is 82.9. The molecule has 7 nitrogen and oxygen atoms in total. The van der Waals surface area contributed by atoms with Gasteiger partial charge >= 0.3 is 18.2 Å². The summed E-state index contributed by atoms with van der Waals surface area (Å²) in [6.45, 7) is -1.50. The Balaban J connectivity index is 1.64. The van der Waals surface area contributed by atoms with Crippen molar-refractivity contribution < 1.29 is 40.2 Å². The smallest absolute Gasteiger partial charge is 0.360 e. The van der Waals surface area contributed by atoms with Crippen LogP contribution in [0.3, 0.4) is 0 Å². The second kappa shape index (κ2) is 7.56. The molecule has 0 saturated heterocycles. The monoisotopic (exact) mass is 420 g/mol. The zero-order chi connectivity index (χ0) is 21.2. The number of aromatic nitrogens is 3. The van der Waals surface area contributed by atoms with E-state index >= 15 is 0 Å². The number of carbonyl (C=O) groups is 1. The first kappa shape index (κ1) is 20.4. The highest BCUT2D eigenvalue weighted by atomic mass is 19.4. The molecule has 0 aliphatic heterocycles. The van der Waals surface area contributed by atoms with E-state index < -0.39 is 30.7 Å². The Labute approximate surface area is 157 Å². The largest absolute Gasteiger partial charge is 0.471 e. The molecule has 0 atom stereocenters. The first-order valence-electron chi connectivity index (χ1n) is 7.82. The summed E-state index contributed by atoms with van der Waals surface area (Å²) in [6.07, 6.45) is -9.16. The molecule has 1 amide bonds. The van der Waals surface area contributed by atoms with Crippen molar-refractivity contribution >= 4 is 5.91 Å². The van der Waals surface area contributed by atoms with Crippen LogP contribution in [0.4, 0.5) is 26.3 Å². The molecule has 0 unspecified atom stereocenters. The van der Waals surface area contributed by atoms with E-state index in [1.54, 1.807) is 17.4 Å². The van der Waals surface area contributed by atoms with Crippen molar-refractivity contribution in [2.75, 3.05) is 6.54 Å². The lowest BCUT2D eigenvalue weighted by Crippen LogP contribution is -2.33. The average Bonchev–Trinajstić information content (AvgIpc) is 3.29. The fraction of sp³-hybridized carbons (Fsp3) is 0.250. The molecule has 0 fully saturated rings. The van der Waals surface area contributed by atoms with Gasteiger partial charge in [-0.2, -0.15) is 31.3 Å². The standard InChI is InChI=1S/C16H10F6N4O3/c17-15(18,19)7-23-13(27)11-6-10(28-25-11)5-8-1-3-9(4-2-8)12-24-14(29-26-12)16(20,21)22/h1-4,6H,5,7H2,(H,23,27). The van der Waals surface area contributed by atoms with E-state index in [1.165, 1.54) is 18.2 Å². The van der Waals surface area contributed by atoms with Gasteiger partial charge in [-0.05, 0) is 5.56 Å². The molecule has 0 bridgehead atoms. The third-order valence-electron chi connectivity index (χ3n) is 3.50. The summed E-state index contributed by atoms with van der Waals surface area (Å²) in [7, 11) is 0. The fourth-order valence-corrected chi connectivity index (χ4v) is 2.20. The lowest BCUT2D eigenvalue weighted by molar-refractivity contribution is -0.159. The zero-order valence-corrected chi connectivity index (χ0v) is 14.1. The molecule has 0 aliphatic carbocycles. The molecule has 13 heteroatoms. The van der Waals surface area contributed by atoms with Gasteiger partial charge in [0.25, 0.3) is 5.91 Å². The normalized spacial score (nSPS) is 12.2. The van der Waals surface area contributed by atoms with Gasteiger partial charge < -0.3 is 14.4 Å². The second-order valence-electron chi connectivity index (χ2n) is 5.77. The van der Waals surface area contributed by atoms with Crippen molar-refractivity contribution in [1.82, 2.24) is 20.6 Å². The Morgan fingerprint density at radius 2 is 1.69 bits per heavy atom. The first-order chi connectivity index (χ1) is 13.5. The van der Waals surface area contributed by atoms with E-state index in [0.717, 1.165) is 0 Å². The quantitative estimate of drug-likeness (QED) is 0.634. The third-order valence-corrected chi connectivity index (χ3v) is 3.50. The highest BCUT2D eigenvalue weighted by Crippen LogP contribution is 2.29. The van der Waals surface area contributed by atoms with Gasteiger partial charge in [0.05, 0.1) is 0 Å². The van der Waals surface area contributed by atoms with Gasteiger partial charge in [-0.3, -0.25) is 4.79 Å². The molecule has 29 heavy (non-hydrogen) atoms. The minimum atomic E-state index is -4.75. The number of benzene rings is 1. The number of halogens is 6. The van der Waals surface area contributed by atoms with E-state index in [0.29, 0.717) is 5.56 Å². The molecule has 1 N–H and O–H groups in total. The number of hydrogen-bond donors (Lipinski definition) is 1. The van der Waals surface area contributed by atoms with Crippen molar-refractivity contribution in [2.45, 2.75) is 18.8 Å². The predicted octanol–water partition coefficient (Wildman–Crippen LogP) is 3.63. The van der Waals surface area contributed by atoms with Gasteiger partial charge in [0.15, 0.2) is 5.69 Å². The molecular formula is C16H10F6N4O3. The van der Waals surface area contributed by atoms with Crippen LogP contribution in [0.25, 0.3) is 11.4 Å². The van der Waals surface area contributed by atoms with Gasteiger partial charge in [-0.1, -0.05) is 34.6 Å². The van der Waals surface area contributed by atoms with Crippen LogP contribution in [0.15, 0.2) is 39.4 Å². The number of alkyl halides is 6. The Hall–Kier alpha value is -3.38. The summed E-state index contributed by atoms with van der Waals surface area (Å²) in [5, 5.41) is 8.34. The highest BCUT2D eigenvalue weighted by molar-refractivity contribution is 5.92. The van der Waals surface area contributed by atoms with E-state index in [2.05, 4.69) is 19.8 Å². The van der Waals surface area contributed by atoms with Crippen LogP contribution in [0.5, 0.6) is 0 Å². The van der Waals surface area contributed by atoms with Crippen LogP contribution >= 0.6 is 0 Å². The zero-order valence-electron chi connectivity index (χ0n) is 14.1. The molecule has 0 saturated carbocycles. The lowest BCUT2D eigenvalue weighted by atomic mass is 10.1. The van der Waals surface area contributed by atoms with E-state index in [9.17, 15) is 31.1 Å². The molecule has 0 radical (unpaired) electrons. The number of amides is 1. The summed E-state index contributed by atoms with van der Waals surface area (Å²) in [4.78, 5) is 14.9. The van der Waals surface area contributed by atoms with E-state index in [1.807, 2.05) is 0 Å². The molecule has 0 spiro atoms. The van der Waals surface area contributed by atoms with Crippen molar-refractivity contribution in [3.05, 3.63) is 53.2 Å². The third kappa shape index (κ3) is 5.33. The summed E-state index contributed by atoms with van der Waals surface area (Å²) in [6, 6.07) is 7.19. The van der Waals surface area contributed by atoms with Gasteiger partial charge in [-0.15, -0.1) is 0 Å². The number of nitrogens with one attached hydrogen (secondary N) is 1. The van der Waals surface area contributed by atoms with Crippen molar-refractivity contribution in [3.8, 4) is 11.4 Å². The average molecular weight is 420 g/mol. The predicted molar refractivity (Wildman–Crippen MR) is 82.4 cm³/mol. The summed E-state index contributed by atoms with van der Waals surface area (Å²) in [5.74, 6) is -2.54. The maximum Gasteiger partial charge on any atom is 0.471 e. The Morgan fingerprint density at radius 1 is 1.00 bits per heavy atom. The first-order valence-corrected chi connectivity index (χ1v) is 7.82. The molecule has 3 rings (SSSR count). The molecule has 3 aromatic rings. The number of carbonyl (C=O) groups excluding carboxylic acids is 1. The maximum atomic E-state index is 12.5. The molecule has 2 heterocycles. The van der Waals surface area contributed by atoms with Crippen LogP contribution in [-0.2, 0) is 12.6 Å². The second-order valence-corrected chi connectivity index (χ2v) is 5.77. The molecule has 0 aliphatic rings. The van der Waals surface area contributed by atoms with Gasteiger partial charge in [-0.25, -0.2) is 0 Å². The van der Waals surface area contributed by atoms with E-state index in [4.69, 9.17) is 4.52 Å². The summed E-state index contributed by atoms with van der Waals surface area (Å²) >= 11 is 0. The molecule has 2 aromatic heterocycles. The minimum Gasteiger partial charge on any atom is -0.360 e. The van der Waals surface area contributed by atoms with E-state index in [-0.39, 0.29) is 29.3 Å². The Bertz CT molecular complexity index is 991. The highest BCUT2D eigenvalue weighted by Gasteiger charge is 2.38. The maximum absolute atomic E-state index is 12.5. The summed E-state index contributed by atoms with van der Waals surface area (Å²) in [5.41, 5.74) is 0.594. The van der Waals surface area contributed by atoms with Gasteiger partial charge in [0, 0.05) is 18.1 Å². The SMILES string of the molecule is O=C(NCC(F)(F)F)c1cc(Cc2ccc(-c3noc(C(F)(F)F)n3)cc2)on1. The van der Waals surface area contributed by atoms with Crippen molar-refractivity contribution in [3.63, 3.8) is 0 Å². The van der Waals surface area contributed by atoms with Gasteiger partial charge in [0.1, 0.15) is 12.3 Å². The number of nitrogens with zero attached hydrogens (tertiary/aromatic N) is 3. The van der Waals surface area contributed by atoms with Gasteiger partial charge in [0.2, 0.25) is 5.82 Å². The topological polar surface area (TPSA) is 94.1 Å². The van der Waals surface area contributed by atoms with Crippen LogP contribution in [-0.4, -0.2) is 33.9 Å². The van der Waals surface area contributed by atoms with Crippen LogP contribution in [0.1, 0.15) is 27.7 Å². The van der Waals surface area contributed by atoms with Crippen LogP contribution in [0.2, 0.25) is 0 Å². The van der Waals surface area contributed by atoms with Crippen molar-refractivity contribution in [2.24, 2.45) is 0 Å². The molecule has 1 aromatic carbocycles. The van der Waals surface area contributed by atoms with Crippen molar-refractivity contribution in [1.29, 1.82) is 0 Å². The number of hydrogen-bond acceptors (Lipinski definition) is 6. The fourth-order valence-electron chi connectivity index (χ4n) is 2.20. The lowest BCUT2D eigenvalue weighted by Gasteiger charge is -2.05. The molecule has 154 valence electrons. The molecular weight excluding hydrogens is 410 g/mol.